The van der Waals surface area contributed by atoms with Crippen molar-refractivity contribution in [1.29, 1.82) is 0 Å². The van der Waals surface area contributed by atoms with Crippen molar-refractivity contribution in [2.75, 3.05) is 11.1 Å². The number of sulfone groups is 1. The van der Waals surface area contributed by atoms with Crippen LogP contribution in [0.25, 0.3) is 0 Å². The maximum Gasteiger partial charge on any atom is 0.155 e. The second-order valence-corrected chi connectivity index (χ2v) is 13.2. The molecule has 0 saturated carbocycles. The minimum absolute atomic E-state index is 0.0997. The van der Waals surface area contributed by atoms with Gasteiger partial charge in [0.15, 0.2) is 9.84 Å². The summed E-state index contributed by atoms with van der Waals surface area (Å²) in [6.07, 6.45) is 0.548. The molecule has 1 saturated heterocycles. The zero-order chi connectivity index (χ0) is 19.9. The van der Waals surface area contributed by atoms with Crippen LogP contribution in [0.3, 0.4) is 0 Å². The number of phenolic OH excluding ortho intramolecular Hbond substituents is 1. The number of hydrogen-bond donors (Lipinski definition) is 2. The van der Waals surface area contributed by atoms with Crippen molar-refractivity contribution in [3.8, 4) is 5.75 Å². The number of benzene rings is 1. The van der Waals surface area contributed by atoms with Crippen LogP contribution in [-0.4, -0.2) is 29.6 Å². The summed E-state index contributed by atoms with van der Waals surface area (Å²) in [6, 6.07) is 4.00. The molecular formula is C21H33NO3S. The molecule has 5 heteroatoms. The predicted octanol–water partition coefficient (Wildman–Crippen LogP) is 4.36. The van der Waals surface area contributed by atoms with Crippen molar-refractivity contribution in [1.82, 2.24) is 0 Å². The normalized spacial score (nSPS) is 31.5. The summed E-state index contributed by atoms with van der Waals surface area (Å²) >= 11 is 0. The van der Waals surface area contributed by atoms with E-state index < -0.39 is 20.0 Å². The smallest absolute Gasteiger partial charge is 0.155 e. The molecule has 1 aromatic carbocycles. The highest BCUT2D eigenvalue weighted by molar-refractivity contribution is 7.92. The van der Waals surface area contributed by atoms with Gasteiger partial charge >= 0.3 is 0 Å². The Balaban J connectivity index is 2.31. The fourth-order valence-electron chi connectivity index (χ4n) is 5.64. The molecule has 1 aromatic rings. The van der Waals surface area contributed by atoms with Crippen molar-refractivity contribution < 1.29 is 13.5 Å². The Hall–Kier alpha value is -1.23. The molecule has 146 valence electrons. The van der Waals surface area contributed by atoms with Gasteiger partial charge in [0.1, 0.15) is 5.75 Å². The molecule has 3 rings (SSSR count). The van der Waals surface area contributed by atoms with E-state index in [1.54, 1.807) is 0 Å². The molecule has 2 aliphatic rings. The Morgan fingerprint density at radius 3 is 2.23 bits per heavy atom. The van der Waals surface area contributed by atoms with Gasteiger partial charge in [-0.15, -0.1) is 0 Å². The lowest BCUT2D eigenvalue weighted by molar-refractivity contribution is 0.136. The number of aromatic hydroxyl groups is 1. The van der Waals surface area contributed by atoms with E-state index >= 15 is 0 Å². The molecule has 2 heterocycles. The molecule has 0 amide bonds. The third-order valence-corrected chi connectivity index (χ3v) is 9.41. The van der Waals surface area contributed by atoms with Crippen LogP contribution in [0.2, 0.25) is 0 Å². The molecule has 0 radical (unpaired) electrons. The van der Waals surface area contributed by atoms with E-state index in [1.807, 2.05) is 19.9 Å². The van der Waals surface area contributed by atoms with Crippen LogP contribution in [0.1, 0.15) is 72.9 Å². The highest BCUT2D eigenvalue weighted by Crippen LogP contribution is 2.58. The summed E-state index contributed by atoms with van der Waals surface area (Å²) in [5, 5.41) is 14.3. The van der Waals surface area contributed by atoms with Crippen molar-refractivity contribution in [2.24, 2.45) is 5.92 Å². The maximum absolute atomic E-state index is 12.9. The molecule has 2 atom stereocenters. The Morgan fingerprint density at radius 1 is 1.12 bits per heavy atom. The van der Waals surface area contributed by atoms with Crippen LogP contribution >= 0.6 is 0 Å². The minimum atomic E-state index is -3.19. The third-order valence-electron chi connectivity index (χ3n) is 6.83. The third kappa shape index (κ3) is 2.49. The lowest BCUT2D eigenvalue weighted by Gasteiger charge is -2.60. The fraction of sp³-hybridized carbons (Fsp3) is 0.714. The predicted molar refractivity (Wildman–Crippen MR) is 108 cm³/mol. The van der Waals surface area contributed by atoms with E-state index in [0.717, 1.165) is 16.8 Å². The van der Waals surface area contributed by atoms with Crippen LogP contribution in [0.15, 0.2) is 12.1 Å². The lowest BCUT2D eigenvalue weighted by atomic mass is 9.56. The van der Waals surface area contributed by atoms with E-state index in [4.69, 9.17) is 0 Å². The first-order valence-electron chi connectivity index (χ1n) is 9.42. The van der Waals surface area contributed by atoms with E-state index in [-0.39, 0.29) is 28.4 Å². The van der Waals surface area contributed by atoms with Gasteiger partial charge in [-0.3, -0.25) is 0 Å². The summed E-state index contributed by atoms with van der Waals surface area (Å²) in [5.41, 5.74) is 1.95. The SMILES string of the molecule is CC(C)(C)c1cc(O)c2c(c1)C(C)(C)C1C(C)(CCS(=O)(=O)C1(C)C)N2. The van der Waals surface area contributed by atoms with Gasteiger partial charge in [-0.25, -0.2) is 8.42 Å². The van der Waals surface area contributed by atoms with Crippen molar-refractivity contribution in [2.45, 2.75) is 82.9 Å². The molecule has 2 aliphatic heterocycles. The molecule has 1 fully saturated rings. The molecule has 2 unspecified atom stereocenters. The average molecular weight is 380 g/mol. The number of rotatable bonds is 0. The summed E-state index contributed by atoms with van der Waals surface area (Å²) < 4.78 is 25.0. The molecule has 0 spiro atoms. The van der Waals surface area contributed by atoms with E-state index in [0.29, 0.717) is 6.42 Å². The van der Waals surface area contributed by atoms with Gasteiger partial charge in [-0.2, -0.15) is 0 Å². The molecule has 0 aliphatic carbocycles. The molecule has 4 nitrogen and oxygen atoms in total. The second kappa shape index (κ2) is 5.18. The van der Waals surface area contributed by atoms with Gasteiger partial charge in [-0.05, 0) is 55.2 Å². The Kier molecular flexibility index (Phi) is 3.89. The van der Waals surface area contributed by atoms with Gasteiger partial charge in [-0.1, -0.05) is 40.7 Å². The Labute approximate surface area is 158 Å². The van der Waals surface area contributed by atoms with Crippen molar-refractivity contribution in [3.63, 3.8) is 0 Å². The average Bonchev–Trinajstić information content (AvgIpc) is 2.43. The Morgan fingerprint density at radius 2 is 1.69 bits per heavy atom. The van der Waals surface area contributed by atoms with Crippen LogP contribution in [-0.2, 0) is 20.7 Å². The van der Waals surface area contributed by atoms with Crippen LogP contribution in [0.4, 0.5) is 5.69 Å². The first kappa shape index (κ1) is 19.5. The number of hydrogen-bond acceptors (Lipinski definition) is 4. The number of fused-ring (bicyclic) bond motifs is 2. The van der Waals surface area contributed by atoms with Crippen LogP contribution in [0.5, 0.6) is 5.75 Å². The van der Waals surface area contributed by atoms with E-state index in [2.05, 4.69) is 52.9 Å². The maximum atomic E-state index is 12.9. The zero-order valence-electron chi connectivity index (χ0n) is 17.3. The summed E-state index contributed by atoms with van der Waals surface area (Å²) in [4.78, 5) is 0. The van der Waals surface area contributed by atoms with Gasteiger partial charge < -0.3 is 10.4 Å². The first-order valence-corrected chi connectivity index (χ1v) is 11.1. The summed E-state index contributed by atoms with van der Waals surface area (Å²) in [7, 11) is -3.19. The van der Waals surface area contributed by atoms with Crippen LogP contribution < -0.4 is 5.32 Å². The molecule has 0 bridgehead atoms. The van der Waals surface area contributed by atoms with E-state index in [1.165, 1.54) is 0 Å². The number of nitrogens with one attached hydrogen (secondary N) is 1. The first-order chi connectivity index (χ1) is 11.5. The zero-order valence-corrected chi connectivity index (χ0v) is 18.1. The number of anilines is 1. The highest BCUT2D eigenvalue weighted by atomic mass is 32.2. The molecule has 2 N–H and O–H groups in total. The van der Waals surface area contributed by atoms with Gasteiger partial charge in [0.25, 0.3) is 0 Å². The molecule has 0 aromatic heterocycles. The van der Waals surface area contributed by atoms with Crippen LogP contribution in [0, 0.1) is 5.92 Å². The van der Waals surface area contributed by atoms with E-state index in [9.17, 15) is 13.5 Å². The minimum Gasteiger partial charge on any atom is -0.506 e. The van der Waals surface area contributed by atoms with Crippen molar-refractivity contribution >= 4 is 15.5 Å². The van der Waals surface area contributed by atoms with Gasteiger partial charge in [0, 0.05) is 11.5 Å². The monoisotopic (exact) mass is 379 g/mol. The van der Waals surface area contributed by atoms with Gasteiger partial charge in [0.2, 0.25) is 0 Å². The largest absolute Gasteiger partial charge is 0.506 e. The second-order valence-electron chi connectivity index (χ2n) is 10.5. The summed E-state index contributed by atoms with van der Waals surface area (Å²) in [5.74, 6) is 0.321. The molecular weight excluding hydrogens is 346 g/mol. The fourth-order valence-corrected chi connectivity index (χ4v) is 7.77. The van der Waals surface area contributed by atoms with Gasteiger partial charge in [0.05, 0.1) is 16.2 Å². The number of phenols is 1. The quantitative estimate of drug-likeness (QED) is 0.657. The van der Waals surface area contributed by atoms with Crippen molar-refractivity contribution in [3.05, 3.63) is 23.3 Å². The summed E-state index contributed by atoms with van der Waals surface area (Å²) in [6.45, 7) is 16.5. The Bertz CT molecular complexity index is 862. The topological polar surface area (TPSA) is 66.4 Å². The molecule has 26 heavy (non-hydrogen) atoms. The standard InChI is InChI=1S/C21H33NO3S/c1-18(2,3)13-11-14-16(15(23)12-13)22-21(8)9-10-26(24,25)20(6,7)17(21)19(14,4)5/h11-12,17,22-23H,9-10H2,1-8H3. The lowest BCUT2D eigenvalue weighted by Crippen LogP contribution is -2.67. The highest BCUT2D eigenvalue weighted by Gasteiger charge is 2.62.